The molecule has 4 nitrogen and oxygen atoms in total. The molecule has 0 radical (unpaired) electrons. The summed E-state index contributed by atoms with van der Waals surface area (Å²) in [5.41, 5.74) is 6.90. The Hall–Kier alpha value is -1.68. The molecule has 0 saturated heterocycles. The molecule has 0 aliphatic heterocycles. The molecule has 2 N–H and O–H groups in total. The molecule has 4 heteroatoms. The van der Waals surface area contributed by atoms with Crippen molar-refractivity contribution in [2.75, 3.05) is 0 Å². The molecule has 0 aromatic heterocycles. The van der Waals surface area contributed by atoms with Crippen molar-refractivity contribution in [1.82, 2.24) is 0 Å². The van der Waals surface area contributed by atoms with Crippen LogP contribution in [0.5, 0.6) is 0 Å². The number of benzene rings is 1. The second-order valence-electron chi connectivity index (χ2n) is 5.58. The van der Waals surface area contributed by atoms with Gasteiger partial charge in [0.1, 0.15) is 5.60 Å². The van der Waals surface area contributed by atoms with Crippen LogP contribution in [0.15, 0.2) is 24.3 Å². The molecule has 104 valence electrons. The Morgan fingerprint density at radius 2 is 1.74 bits per heavy atom. The molecule has 0 aliphatic rings. The number of carbonyl (C=O) groups is 2. The largest absolute Gasteiger partial charge is 0.460 e. The third-order valence-electron chi connectivity index (χ3n) is 2.55. The molecular formula is C15H21NO3. The monoisotopic (exact) mass is 263 g/mol. The van der Waals surface area contributed by atoms with Crippen molar-refractivity contribution in [3.8, 4) is 0 Å². The van der Waals surface area contributed by atoms with Crippen LogP contribution >= 0.6 is 0 Å². The number of Topliss-reactive ketones (excluding diaryl/α,β-unsaturated/α-hetero) is 1. The lowest BCUT2D eigenvalue weighted by Gasteiger charge is -2.21. The molecule has 1 aromatic carbocycles. The zero-order valence-corrected chi connectivity index (χ0v) is 11.9. The summed E-state index contributed by atoms with van der Waals surface area (Å²) in [4.78, 5) is 22.8. The molecule has 0 amide bonds. The van der Waals surface area contributed by atoms with Crippen molar-refractivity contribution in [3.05, 3.63) is 35.4 Å². The van der Waals surface area contributed by atoms with Gasteiger partial charge in [-0.3, -0.25) is 9.59 Å². The number of carbonyl (C=O) groups excluding carboxylic acids is 2. The summed E-state index contributed by atoms with van der Waals surface area (Å²) >= 11 is 0. The molecule has 0 heterocycles. The van der Waals surface area contributed by atoms with Crippen LogP contribution in [0.3, 0.4) is 0 Å². The van der Waals surface area contributed by atoms with Gasteiger partial charge >= 0.3 is 5.97 Å². The Morgan fingerprint density at radius 3 is 2.16 bits per heavy atom. The standard InChI is InChI=1S/C15H21NO3/c1-10(17)11-5-7-12(8-6-11)13(16)9-14(18)19-15(2,3)4/h5-8,13H,9,16H2,1-4H3. The number of hydrogen-bond acceptors (Lipinski definition) is 4. The van der Waals surface area contributed by atoms with Gasteiger partial charge in [-0.15, -0.1) is 0 Å². The van der Waals surface area contributed by atoms with Gasteiger partial charge in [-0.2, -0.15) is 0 Å². The Balaban J connectivity index is 2.65. The predicted molar refractivity (Wildman–Crippen MR) is 73.8 cm³/mol. The second-order valence-corrected chi connectivity index (χ2v) is 5.58. The van der Waals surface area contributed by atoms with E-state index in [9.17, 15) is 9.59 Å². The highest BCUT2D eigenvalue weighted by Gasteiger charge is 2.19. The normalized spacial score (nSPS) is 12.9. The van der Waals surface area contributed by atoms with E-state index in [2.05, 4.69) is 0 Å². The first-order chi connectivity index (χ1) is 8.69. The second kappa shape index (κ2) is 5.97. The van der Waals surface area contributed by atoms with Gasteiger partial charge in [0.15, 0.2) is 5.78 Å². The van der Waals surface area contributed by atoms with E-state index in [1.54, 1.807) is 24.3 Å². The van der Waals surface area contributed by atoms with Crippen molar-refractivity contribution in [3.63, 3.8) is 0 Å². The van der Waals surface area contributed by atoms with Crippen LogP contribution in [0.25, 0.3) is 0 Å². The highest BCUT2D eigenvalue weighted by molar-refractivity contribution is 5.94. The van der Waals surface area contributed by atoms with Crippen LogP contribution in [-0.4, -0.2) is 17.4 Å². The number of ether oxygens (including phenoxy) is 1. The third kappa shape index (κ3) is 5.22. The molecule has 0 fully saturated rings. The van der Waals surface area contributed by atoms with Crippen molar-refractivity contribution in [2.24, 2.45) is 5.73 Å². The summed E-state index contributed by atoms with van der Waals surface area (Å²) in [6.07, 6.45) is 0.122. The van der Waals surface area contributed by atoms with Gasteiger partial charge in [0, 0.05) is 11.6 Å². The Bertz CT molecular complexity index is 457. The SMILES string of the molecule is CC(=O)c1ccc(C(N)CC(=O)OC(C)(C)C)cc1. The number of ketones is 1. The summed E-state index contributed by atoms with van der Waals surface area (Å²) in [5.74, 6) is -0.317. The Morgan fingerprint density at radius 1 is 1.21 bits per heavy atom. The summed E-state index contributed by atoms with van der Waals surface area (Å²) in [6, 6.07) is 6.55. The molecule has 1 aromatic rings. The first-order valence-corrected chi connectivity index (χ1v) is 6.27. The lowest BCUT2D eigenvalue weighted by Crippen LogP contribution is -2.26. The van der Waals surface area contributed by atoms with E-state index in [1.807, 2.05) is 20.8 Å². The molecule has 1 rings (SSSR count). The lowest BCUT2D eigenvalue weighted by molar-refractivity contribution is -0.155. The zero-order chi connectivity index (χ0) is 14.6. The highest BCUT2D eigenvalue weighted by Crippen LogP contribution is 2.18. The first kappa shape index (κ1) is 15.4. The topological polar surface area (TPSA) is 69.4 Å². The van der Waals surface area contributed by atoms with Gasteiger partial charge in [-0.05, 0) is 33.3 Å². The first-order valence-electron chi connectivity index (χ1n) is 6.27. The molecular weight excluding hydrogens is 242 g/mol. The fourth-order valence-corrected chi connectivity index (χ4v) is 1.65. The van der Waals surface area contributed by atoms with Gasteiger partial charge in [0.2, 0.25) is 0 Å². The molecule has 0 spiro atoms. The van der Waals surface area contributed by atoms with Gasteiger partial charge < -0.3 is 10.5 Å². The average molecular weight is 263 g/mol. The predicted octanol–water partition coefficient (Wildman–Crippen LogP) is 2.62. The number of rotatable bonds is 4. The highest BCUT2D eigenvalue weighted by atomic mass is 16.6. The maximum absolute atomic E-state index is 11.7. The van der Waals surface area contributed by atoms with E-state index in [0.717, 1.165) is 5.56 Å². The molecule has 0 aliphatic carbocycles. The van der Waals surface area contributed by atoms with E-state index < -0.39 is 11.6 Å². The van der Waals surface area contributed by atoms with E-state index in [1.165, 1.54) is 6.92 Å². The summed E-state index contributed by atoms with van der Waals surface area (Å²) in [5, 5.41) is 0. The maximum Gasteiger partial charge on any atom is 0.308 e. The third-order valence-corrected chi connectivity index (χ3v) is 2.55. The maximum atomic E-state index is 11.7. The van der Waals surface area contributed by atoms with Crippen molar-refractivity contribution >= 4 is 11.8 Å². The quantitative estimate of drug-likeness (QED) is 0.669. The van der Waals surface area contributed by atoms with Gasteiger partial charge in [0.25, 0.3) is 0 Å². The van der Waals surface area contributed by atoms with Gasteiger partial charge in [-0.25, -0.2) is 0 Å². The molecule has 0 bridgehead atoms. The minimum Gasteiger partial charge on any atom is -0.460 e. The average Bonchev–Trinajstić information content (AvgIpc) is 2.26. The van der Waals surface area contributed by atoms with Crippen LogP contribution in [0, 0.1) is 0 Å². The van der Waals surface area contributed by atoms with Crippen LogP contribution < -0.4 is 5.73 Å². The Labute approximate surface area is 113 Å². The number of hydrogen-bond donors (Lipinski definition) is 1. The zero-order valence-electron chi connectivity index (χ0n) is 11.9. The molecule has 1 unspecified atom stereocenters. The molecule has 19 heavy (non-hydrogen) atoms. The van der Waals surface area contributed by atoms with Crippen LogP contribution in [0.2, 0.25) is 0 Å². The lowest BCUT2D eigenvalue weighted by atomic mass is 10.0. The smallest absolute Gasteiger partial charge is 0.308 e. The summed E-state index contributed by atoms with van der Waals surface area (Å²) < 4.78 is 5.22. The van der Waals surface area contributed by atoms with Crippen molar-refractivity contribution in [1.29, 1.82) is 0 Å². The summed E-state index contributed by atoms with van der Waals surface area (Å²) in [6.45, 7) is 6.96. The van der Waals surface area contributed by atoms with Crippen molar-refractivity contribution in [2.45, 2.75) is 45.8 Å². The van der Waals surface area contributed by atoms with Crippen molar-refractivity contribution < 1.29 is 14.3 Å². The van der Waals surface area contributed by atoms with Crippen LogP contribution in [0.1, 0.15) is 56.1 Å². The van der Waals surface area contributed by atoms with E-state index in [0.29, 0.717) is 5.56 Å². The minimum atomic E-state index is -0.505. The van der Waals surface area contributed by atoms with E-state index >= 15 is 0 Å². The minimum absolute atomic E-state index is 0.00673. The molecule has 0 saturated carbocycles. The molecule has 1 atom stereocenters. The van der Waals surface area contributed by atoms with E-state index in [-0.39, 0.29) is 18.2 Å². The fraction of sp³-hybridized carbons (Fsp3) is 0.467. The van der Waals surface area contributed by atoms with Crippen LogP contribution in [-0.2, 0) is 9.53 Å². The van der Waals surface area contributed by atoms with Crippen LogP contribution in [0.4, 0.5) is 0 Å². The van der Waals surface area contributed by atoms with Gasteiger partial charge in [-0.1, -0.05) is 24.3 Å². The number of nitrogens with two attached hydrogens (primary N) is 1. The number of esters is 1. The van der Waals surface area contributed by atoms with Gasteiger partial charge in [0.05, 0.1) is 6.42 Å². The Kier molecular flexibility index (Phi) is 4.84. The fourth-order valence-electron chi connectivity index (χ4n) is 1.65. The summed E-state index contributed by atoms with van der Waals surface area (Å²) in [7, 11) is 0. The van der Waals surface area contributed by atoms with E-state index in [4.69, 9.17) is 10.5 Å².